The molecule has 9 rings (SSSR count). The van der Waals surface area contributed by atoms with Crippen molar-refractivity contribution in [2.24, 2.45) is 0 Å². The second-order valence-corrected chi connectivity index (χ2v) is 9.78. The molecular weight excluding hydrogens is 778 g/mol. The Labute approximate surface area is 311 Å². The fourth-order valence-electron chi connectivity index (χ4n) is 4.73. The Kier molecular flexibility index (Phi) is 20.2. The monoisotopic (exact) mass is 816 g/mol. The zero-order valence-electron chi connectivity index (χ0n) is 26.4. The molecule has 0 N–H and O–H groups in total. The maximum atomic E-state index is 2.89. The first-order valence-electron chi connectivity index (χ1n) is 14.4. The smallest absolute Gasteiger partial charge is 0 e. The van der Waals surface area contributed by atoms with Crippen LogP contribution in [-0.4, -0.2) is 0 Å². The van der Waals surface area contributed by atoms with Gasteiger partial charge in [-0.2, -0.15) is 108 Å². The Bertz CT molecular complexity index is 1770. The van der Waals surface area contributed by atoms with Crippen molar-refractivity contribution in [1.29, 1.82) is 0 Å². The minimum absolute atomic E-state index is 0. The third-order valence-electron chi connectivity index (χ3n) is 6.83. The van der Waals surface area contributed by atoms with Crippen LogP contribution < -0.4 is 0 Å². The summed E-state index contributed by atoms with van der Waals surface area (Å²) in [5.41, 5.74) is 0. The van der Waals surface area contributed by atoms with Crippen molar-refractivity contribution in [2.75, 3.05) is 0 Å². The van der Waals surface area contributed by atoms with Gasteiger partial charge >= 0.3 is 0 Å². The zero-order valence-corrected chi connectivity index (χ0v) is 31.6. The van der Waals surface area contributed by atoms with E-state index in [0.29, 0.717) is 0 Å². The molecule has 0 aliphatic rings. The summed E-state index contributed by atoms with van der Waals surface area (Å²) in [4.78, 5) is 0. The molecule has 0 nitrogen and oxygen atoms in total. The summed E-state index contributed by atoms with van der Waals surface area (Å²) in [6.45, 7) is 0. The van der Waals surface area contributed by atoms with Gasteiger partial charge in [0.15, 0.2) is 0 Å². The van der Waals surface area contributed by atoms with Crippen LogP contribution in [0.1, 0.15) is 0 Å². The number of hydrogen-bond donors (Lipinski definition) is 0. The van der Waals surface area contributed by atoms with Gasteiger partial charge in [-0.3, -0.25) is 0 Å². The van der Waals surface area contributed by atoms with Gasteiger partial charge in [0.25, 0.3) is 0 Å². The van der Waals surface area contributed by atoms with Gasteiger partial charge in [-0.15, -0.1) is 124 Å². The summed E-state index contributed by atoms with van der Waals surface area (Å²) in [7, 11) is 0. The summed E-state index contributed by atoms with van der Waals surface area (Å²) in [5, 5.41) is 10.7. The predicted molar refractivity (Wildman–Crippen MR) is 208 cm³/mol. The van der Waals surface area contributed by atoms with E-state index in [2.05, 4.69) is 152 Å². The van der Waals surface area contributed by atoms with Crippen molar-refractivity contribution < 1.29 is 25.8 Å². The first-order chi connectivity index (χ1) is 21.4. The molecule has 0 saturated heterocycles. The third kappa shape index (κ3) is 12.9. The second kappa shape index (κ2) is 23.2. The quantitative estimate of drug-likeness (QED) is 0.106. The van der Waals surface area contributed by atoms with Gasteiger partial charge in [-0.05, 0) is 0 Å². The summed E-state index contributed by atoms with van der Waals surface area (Å²) in [6.07, 6.45) is 0. The van der Waals surface area contributed by atoms with Crippen molar-refractivity contribution >= 4 is 67.9 Å². The molecule has 3 heteroatoms. The van der Waals surface area contributed by atoms with E-state index in [0.717, 1.165) is 0 Å². The minimum Gasteiger partial charge on any atom is -0.358 e. The fourth-order valence-corrected chi connectivity index (χ4v) is 4.73. The van der Waals surface area contributed by atoms with E-state index in [-0.39, 0.29) is 58.1 Å². The van der Waals surface area contributed by atoms with Crippen LogP contribution in [0.4, 0.5) is 0 Å². The van der Waals surface area contributed by atoms with Crippen LogP contribution in [0, 0.1) is 19.6 Å². The molecule has 0 amide bonds. The van der Waals surface area contributed by atoms with Crippen LogP contribution >= 0.6 is 24.8 Å². The topological polar surface area (TPSA) is 0 Å². The molecule has 238 valence electrons. The van der Waals surface area contributed by atoms with Crippen LogP contribution in [0.25, 0.3) is 43.1 Å². The predicted octanol–water partition coefficient (Wildman–Crippen LogP) is 13.1. The molecule has 0 bridgehead atoms. The standard InChI is InChI=1S/C13H9.2C9H7.2C6H5.CH3.2ClH.Hf/c1-3-7-12-10(5-1)9-11-6-2-4-8-13(11)12;2*1-2-5-9-7-3-6-8(9)4-1;2*1-2-4-6-5-3-1;;;;/h1-9H;2*1-7H;2*1-5H;1H3;2*1H;/q6*-1;;;. The molecule has 0 radical (unpaired) electrons. The molecular formula is C44H38Cl2Hf-6. The van der Waals surface area contributed by atoms with Crippen molar-refractivity contribution in [1.82, 2.24) is 0 Å². The molecule has 9 aromatic carbocycles. The summed E-state index contributed by atoms with van der Waals surface area (Å²) in [5.74, 6) is 0. The molecule has 0 atom stereocenters. The van der Waals surface area contributed by atoms with E-state index >= 15 is 0 Å². The average Bonchev–Trinajstić information content (AvgIpc) is 3.86. The molecule has 9 aromatic rings. The van der Waals surface area contributed by atoms with E-state index in [1.54, 1.807) is 0 Å². The first kappa shape index (κ1) is 40.9. The Hall–Kier alpha value is -4.14. The number of halogens is 2. The number of fused-ring (bicyclic) bond motifs is 5. The molecule has 0 aliphatic carbocycles. The molecule has 0 heterocycles. The van der Waals surface area contributed by atoms with Gasteiger partial charge in [0.05, 0.1) is 0 Å². The Morgan fingerprint density at radius 3 is 1.02 bits per heavy atom. The van der Waals surface area contributed by atoms with Crippen LogP contribution in [0.2, 0.25) is 0 Å². The van der Waals surface area contributed by atoms with Crippen molar-refractivity contribution in [3.63, 3.8) is 0 Å². The van der Waals surface area contributed by atoms with Crippen molar-refractivity contribution in [3.8, 4) is 0 Å². The van der Waals surface area contributed by atoms with Crippen LogP contribution in [0.5, 0.6) is 0 Å². The molecule has 0 spiro atoms. The SMILES string of the molecule is Cl.Cl.[CH3-].[Hf].[c-]1ccccc1.[c-]1ccccc1.c1ccc2[cH-]ccc2c1.c1ccc2[cH-]ccc2c1.c1ccc2c(c1)[cH-]c1ccccc12. The maximum absolute atomic E-state index is 2.89. The number of rotatable bonds is 0. The van der Waals surface area contributed by atoms with Crippen LogP contribution in [-0.2, 0) is 25.8 Å². The number of hydrogen-bond acceptors (Lipinski definition) is 0. The maximum Gasteiger partial charge on any atom is 0 e. The summed E-state index contributed by atoms with van der Waals surface area (Å²) >= 11 is 0. The molecule has 0 unspecified atom stereocenters. The minimum atomic E-state index is 0. The molecule has 0 saturated carbocycles. The van der Waals surface area contributed by atoms with Gasteiger partial charge in [0, 0.05) is 25.8 Å². The van der Waals surface area contributed by atoms with E-state index in [1.165, 1.54) is 43.1 Å². The molecule has 47 heavy (non-hydrogen) atoms. The summed E-state index contributed by atoms with van der Waals surface area (Å²) in [6, 6.07) is 73.6. The van der Waals surface area contributed by atoms with Gasteiger partial charge in [-0.25, -0.2) is 0 Å². The van der Waals surface area contributed by atoms with E-state index in [9.17, 15) is 0 Å². The van der Waals surface area contributed by atoms with E-state index in [4.69, 9.17) is 0 Å². The van der Waals surface area contributed by atoms with Crippen molar-refractivity contribution in [2.45, 2.75) is 0 Å². The molecule has 0 aromatic heterocycles. The Morgan fingerprint density at radius 1 is 0.362 bits per heavy atom. The fraction of sp³-hybridized carbons (Fsp3) is 0. The van der Waals surface area contributed by atoms with Gasteiger partial charge in [0.2, 0.25) is 0 Å². The Morgan fingerprint density at radius 2 is 0.702 bits per heavy atom. The van der Waals surface area contributed by atoms with Gasteiger partial charge in [-0.1, -0.05) is 48.5 Å². The molecule has 0 aliphatic heterocycles. The molecule has 0 fully saturated rings. The van der Waals surface area contributed by atoms with Crippen LogP contribution in [0.3, 0.4) is 0 Å². The largest absolute Gasteiger partial charge is 0.358 e. The number of benzene rings is 6. The third-order valence-corrected chi connectivity index (χ3v) is 6.83. The first-order valence-corrected chi connectivity index (χ1v) is 14.4. The summed E-state index contributed by atoms with van der Waals surface area (Å²) < 4.78 is 0. The van der Waals surface area contributed by atoms with Crippen molar-refractivity contribution in [3.05, 3.63) is 220 Å². The van der Waals surface area contributed by atoms with E-state index < -0.39 is 0 Å². The zero-order chi connectivity index (χ0) is 29.4. The average molecular weight is 816 g/mol. The Balaban J connectivity index is 0.000000296. The second-order valence-electron chi connectivity index (χ2n) is 9.78. The normalized spacial score (nSPS) is 9.02. The van der Waals surface area contributed by atoms with Gasteiger partial charge < -0.3 is 7.43 Å². The van der Waals surface area contributed by atoms with Crippen LogP contribution in [0.15, 0.2) is 200 Å². The van der Waals surface area contributed by atoms with E-state index in [1.807, 2.05) is 60.7 Å². The van der Waals surface area contributed by atoms with Gasteiger partial charge in [0.1, 0.15) is 0 Å².